The summed E-state index contributed by atoms with van der Waals surface area (Å²) in [6.07, 6.45) is -3.68. The van der Waals surface area contributed by atoms with Gasteiger partial charge in [-0.2, -0.15) is 0 Å². The van der Waals surface area contributed by atoms with Crippen LogP contribution in [0.15, 0.2) is 30.5 Å². The lowest BCUT2D eigenvalue weighted by atomic mass is 9.78. The van der Waals surface area contributed by atoms with Crippen molar-refractivity contribution >= 4 is 34.2 Å². The number of carbonyl (C=O) groups is 1. The molecule has 2 aliphatic heterocycles. The summed E-state index contributed by atoms with van der Waals surface area (Å²) in [5, 5.41) is 63.6. The zero-order chi connectivity index (χ0) is 41.0. The minimum atomic E-state index is -1.77. The lowest BCUT2D eigenvalue weighted by Crippen LogP contribution is -2.59. The predicted octanol–water partition coefficient (Wildman–Crippen LogP) is 4.05. The van der Waals surface area contributed by atoms with Crippen molar-refractivity contribution in [1.29, 1.82) is 0 Å². The summed E-state index contributed by atoms with van der Waals surface area (Å²) in [7, 11) is 3.79. The standard InChI is InChI=1S/C41H67ClN4O9/c1-11-33-41(8,52)36(49)27(6)46(10)22-23(2)21-40(7,51)37(25(4)34(47)26(5)38(50)54-33)55-39-35(48)32(19-24(3)53-39)45(9)18-12-16-43-31-15-17-44-30-14-13-28(42)20-29(30)31/h13-15,17,20,23-27,32-37,39,47-49,51-52H,11-12,16,18-19,21-22H2,1-10H3,(H,43,44)/t23-,24-,25+,26-,27-,32+,33-,34+,35-,36-,37-,39+,40-,41-/m1/s1. The monoisotopic (exact) mass is 794 g/mol. The Hall–Kier alpha value is -2.17. The molecule has 6 N–H and O–H groups in total. The van der Waals surface area contributed by atoms with Crippen LogP contribution < -0.4 is 5.32 Å². The summed E-state index contributed by atoms with van der Waals surface area (Å²) >= 11 is 6.25. The molecule has 2 saturated heterocycles. The van der Waals surface area contributed by atoms with E-state index >= 15 is 0 Å². The number of cyclic esters (lactones) is 1. The second-order valence-electron chi connectivity index (χ2n) is 16.9. The first-order valence-corrected chi connectivity index (χ1v) is 20.3. The molecule has 55 heavy (non-hydrogen) atoms. The molecule has 13 nitrogen and oxygen atoms in total. The number of fused-ring (bicyclic) bond motifs is 1. The highest BCUT2D eigenvalue weighted by atomic mass is 35.5. The molecule has 2 aromatic rings. The van der Waals surface area contributed by atoms with Gasteiger partial charge in [0.2, 0.25) is 0 Å². The number of aliphatic hydroxyl groups excluding tert-OH is 3. The number of likely N-dealkylation sites (N-methyl/N-ethyl adjacent to an activating group) is 2. The number of pyridine rings is 1. The maximum absolute atomic E-state index is 13.5. The molecular formula is C41H67ClN4O9. The Kier molecular flexibility index (Phi) is 15.8. The first kappa shape index (κ1) is 45.5. The Labute approximate surface area is 332 Å². The van der Waals surface area contributed by atoms with Crippen LogP contribution >= 0.6 is 11.6 Å². The van der Waals surface area contributed by atoms with Crippen LogP contribution in [0.3, 0.4) is 0 Å². The van der Waals surface area contributed by atoms with E-state index in [-0.39, 0.29) is 30.9 Å². The van der Waals surface area contributed by atoms with Gasteiger partial charge >= 0.3 is 5.97 Å². The van der Waals surface area contributed by atoms with Crippen molar-refractivity contribution in [3.05, 3.63) is 35.5 Å². The summed E-state index contributed by atoms with van der Waals surface area (Å²) in [5.41, 5.74) is -1.53. The number of hydrogen-bond acceptors (Lipinski definition) is 13. The third-order valence-corrected chi connectivity index (χ3v) is 12.3. The van der Waals surface area contributed by atoms with Gasteiger partial charge in [-0.3, -0.25) is 9.78 Å². The number of hydrogen-bond donors (Lipinski definition) is 6. The van der Waals surface area contributed by atoms with Gasteiger partial charge in [0, 0.05) is 53.4 Å². The Morgan fingerprint density at radius 3 is 2.45 bits per heavy atom. The predicted molar refractivity (Wildman–Crippen MR) is 214 cm³/mol. The smallest absolute Gasteiger partial charge is 0.311 e. The first-order valence-electron chi connectivity index (χ1n) is 19.9. The number of rotatable bonds is 9. The Morgan fingerprint density at radius 2 is 1.78 bits per heavy atom. The van der Waals surface area contributed by atoms with Crippen molar-refractivity contribution in [2.24, 2.45) is 17.8 Å². The molecule has 0 unspecified atom stereocenters. The van der Waals surface area contributed by atoms with E-state index in [1.807, 2.05) is 57.1 Å². The van der Waals surface area contributed by atoms with E-state index in [2.05, 4.69) is 15.2 Å². The van der Waals surface area contributed by atoms with Crippen molar-refractivity contribution in [1.82, 2.24) is 14.8 Å². The number of ether oxygens (including phenoxy) is 3. The number of nitrogens with one attached hydrogen (secondary N) is 1. The highest BCUT2D eigenvalue weighted by Crippen LogP contribution is 2.37. The van der Waals surface area contributed by atoms with Gasteiger partial charge in [0.1, 0.15) is 23.9 Å². The molecule has 4 rings (SSSR count). The number of anilines is 1. The summed E-state index contributed by atoms with van der Waals surface area (Å²) in [6, 6.07) is 6.68. The van der Waals surface area contributed by atoms with E-state index in [9.17, 15) is 30.3 Å². The number of nitrogens with zero attached hydrogens (tertiary/aromatic N) is 3. The van der Waals surface area contributed by atoms with Gasteiger partial charge < -0.3 is 54.9 Å². The summed E-state index contributed by atoms with van der Waals surface area (Å²) in [6.45, 7) is 15.6. The van der Waals surface area contributed by atoms with Gasteiger partial charge in [-0.25, -0.2) is 0 Å². The van der Waals surface area contributed by atoms with Crippen LogP contribution in [0.4, 0.5) is 5.69 Å². The largest absolute Gasteiger partial charge is 0.459 e. The number of benzene rings is 1. The Bertz CT molecular complexity index is 1550. The van der Waals surface area contributed by atoms with E-state index in [0.717, 1.165) is 23.0 Å². The zero-order valence-electron chi connectivity index (χ0n) is 34.4. The number of esters is 1. The third-order valence-electron chi connectivity index (χ3n) is 12.1. The number of halogens is 1. The van der Waals surface area contributed by atoms with Crippen molar-refractivity contribution in [2.45, 2.75) is 147 Å². The average molecular weight is 795 g/mol. The van der Waals surface area contributed by atoms with E-state index < -0.39 is 71.9 Å². The van der Waals surface area contributed by atoms with E-state index in [1.165, 1.54) is 13.8 Å². The summed E-state index contributed by atoms with van der Waals surface area (Å²) < 4.78 is 18.6. The number of aromatic nitrogens is 1. The highest BCUT2D eigenvalue weighted by Gasteiger charge is 2.50. The molecule has 3 heterocycles. The van der Waals surface area contributed by atoms with Crippen molar-refractivity contribution in [3.8, 4) is 0 Å². The fraction of sp³-hybridized carbons (Fsp3) is 0.756. The van der Waals surface area contributed by atoms with Gasteiger partial charge in [0.25, 0.3) is 0 Å². The minimum Gasteiger partial charge on any atom is -0.459 e. The second kappa shape index (κ2) is 19.1. The Balaban J connectivity index is 1.52. The van der Waals surface area contributed by atoms with E-state index in [0.29, 0.717) is 31.1 Å². The van der Waals surface area contributed by atoms with Crippen LogP contribution in [0.1, 0.15) is 81.1 Å². The molecule has 0 aliphatic carbocycles. The minimum absolute atomic E-state index is 0.136. The van der Waals surface area contributed by atoms with Crippen molar-refractivity contribution in [3.63, 3.8) is 0 Å². The van der Waals surface area contributed by atoms with Crippen LogP contribution in [0, 0.1) is 17.8 Å². The summed E-state index contributed by atoms with van der Waals surface area (Å²) in [4.78, 5) is 22.0. The molecule has 0 radical (unpaired) electrons. The topological polar surface area (TPSA) is 177 Å². The fourth-order valence-corrected chi connectivity index (χ4v) is 8.82. The van der Waals surface area contributed by atoms with Gasteiger partial charge in [0.15, 0.2) is 6.29 Å². The molecule has 14 heteroatoms. The molecule has 0 amide bonds. The molecule has 0 bridgehead atoms. The van der Waals surface area contributed by atoms with E-state index in [1.54, 1.807) is 33.9 Å². The SMILES string of the molecule is CC[C@H]1OC(=O)[C@H](C)[C@@H](O)[C@H](C)[C@@H](O[C@@H]2O[C@H](C)C[C@H](N(C)CCCNc3ccnc4ccc(Cl)cc34)[C@H]2O)[C@](C)(O)C[C@@H](C)CN(C)[C@H](C)[C@@H](O)[C@]1(C)O. The molecule has 1 aromatic carbocycles. The molecule has 2 fully saturated rings. The molecular weight excluding hydrogens is 728 g/mol. The van der Waals surface area contributed by atoms with Gasteiger partial charge in [-0.05, 0) is 111 Å². The molecule has 0 spiro atoms. The van der Waals surface area contributed by atoms with E-state index in [4.69, 9.17) is 25.8 Å². The maximum Gasteiger partial charge on any atom is 0.311 e. The van der Waals surface area contributed by atoms with Crippen molar-refractivity contribution in [2.75, 3.05) is 39.0 Å². The third kappa shape index (κ3) is 10.9. The fourth-order valence-electron chi connectivity index (χ4n) is 8.65. The van der Waals surface area contributed by atoms with Crippen LogP contribution in [0.2, 0.25) is 5.02 Å². The number of carbonyl (C=O) groups excluding carboxylic acids is 1. The normalized spacial score (nSPS) is 39.0. The van der Waals surface area contributed by atoms with Crippen LogP contribution in [-0.2, 0) is 19.0 Å². The lowest BCUT2D eigenvalue weighted by Gasteiger charge is -2.47. The van der Waals surface area contributed by atoms with Gasteiger partial charge in [-0.1, -0.05) is 32.4 Å². The average Bonchev–Trinajstić information content (AvgIpc) is 3.12. The van der Waals surface area contributed by atoms with Crippen LogP contribution in [0.5, 0.6) is 0 Å². The lowest BCUT2D eigenvalue weighted by molar-refractivity contribution is -0.299. The maximum atomic E-state index is 13.5. The van der Waals surface area contributed by atoms with Gasteiger partial charge in [-0.15, -0.1) is 0 Å². The van der Waals surface area contributed by atoms with Crippen LogP contribution in [-0.4, -0.2) is 146 Å². The van der Waals surface area contributed by atoms with Gasteiger partial charge in [0.05, 0.1) is 35.3 Å². The Morgan fingerprint density at radius 1 is 1.09 bits per heavy atom. The molecule has 0 saturated carbocycles. The first-order chi connectivity index (χ1) is 25.7. The zero-order valence-corrected chi connectivity index (χ0v) is 35.1. The highest BCUT2D eigenvalue weighted by molar-refractivity contribution is 6.31. The van der Waals surface area contributed by atoms with Crippen molar-refractivity contribution < 1.29 is 44.5 Å². The quantitative estimate of drug-likeness (QED) is 0.159. The summed E-state index contributed by atoms with van der Waals surface area (Å²) in [5.74, 6) is -2.79. The molecule has 2 aliphatic rings. The molecule has 312 valence electrons. The molecule has 14 atom stereocenters. The molecule has 1 aromatic heterocycles. The van der Waals surface area contributed by atoms with Crippen LogP contribution in [0.25, 0.3) is 10.9 Å². The second-order valence-corrected chi connectivity index (χ2v) is 17.4. The number of aliphatic hydroxyl groups is 5.